The SMILES string of the molecule is OCCOCCO[C@@H]1CCCC[C@H]1OCc1ccccc1. The Bertz CT molecular complexity index is 368. The molecule has 0 amide bonds. The minimum atomic E-state index is 0.0617. The third kappa shape index (κ3) is 6.14. The molecule has 118 valence electrons. The van der Waals surface area contributed by atoms with Crippen LogP contribution in [-0.4, -0.2) is 43.7 Å². The topological polar surface area (TPSA) is 47.9 Å². The molecule has 2 rings (SSSR count). The first kappa shape index (κ1) is 16.4. The summed E-state index contributed by atoms with van der Waals surface area (Å²) < 4.78 is 17.2. The summed E-state index contributed by atoms with van der Waals surface area (Å²) in [7, 11) is 0. The second-order valence-corrected chi connectivity index (χ2v) is 5.36. The van der Waals surface area contributed by atoms with E-state index in [0.717, 1.165) is 12.8 Å². The van der Waals surface area contributed by atoms with Gasteiger partial charge in [0.15, 0.2) is 0 Å². The van der Waals surface area contributed by atoms with E-state index in [1.165, 1.54) is 18.4 Å². The average molecular weight is 294 g/mol. The van der Waals surface area contributed by atoms with E-state index in [-0.39, 0.29) is 18.8 Å². The fraction of sp³-hybridized carbons (Fsp3) is 0.647. The zero-order valence-electron chi connectivity index (χ0n) is 12.6. The molecule has 0 bridgehead atoms. The van der Waals surface area contributed by atoms with Crippen molar-refractivity contribution in [3.05, 3.63) is 35.9 Å². The lowest BCUT2D eigenvalue weighted by molar-refractivity contribution is -0.107. The highest BCUT2D eigenvalue weighted by atomic mass is 16.6. The maximum atomic E-state index is 8.65. The van der Waals surface area contributed by atoms with E-state index in [1.807, 2.05) is 18.2 Å². The highest BCUT2D eigenvalue weighted by Crippen LogP contribution is 2.24. The van der Waals surface area contributed by atoms with Crippen LogP contribution in [0.25, 0.3) is 0 Å². The summed E-state index contributed by atoms with van der Waals surface area (Å²) in [4.78, 5) is 0. The highest BCUT2D eigenvalue weighted by molar-refractivity contribution is 5.13. The quantitative estimate of drug-likeness (QED) is 0.711. The number of hydrogen-bond donors (Lipinski definition) is 1. The van der Waals surface area contributed by atoms with E-state index >= 15 is 0 Å². The molecule has 21 heavy (non-hydrogen) atoms. The Morgan fingerprint density at radius 1 is 0.905 bits per heavy atom. The van der Waals surface area contributed by atoms with Crippen molar-refractivity contribution < 1.29 is 19.3 Å². The lowest BCUT2D eigenvalue weighted by Gasteiger charge is -2.31. The Kier molecular flexibility index (Phi) is 7.75. The normalized spacial score (nSPS) is 22.3. The molecule has 0 saturated heterocycles. The molecule has 1 aliphatic rings. The van der Waals surface area contributed by atoms with Crippen molar-refractivity contribution in [1.82, 2.24) is 0 Å². The zero-order valence-corrected chi connectivity index (χ0v) is 12.6. The van der Waals surface area contributed by atoms with Crippen LogP contribution in [0.4, 0.5) is 0 Å². The van der Waals surface area contributed by atoms with Crippen molar-refractivity contribution in [2.75, 3.05) is 26.4 Å². The van der Waals surface area contributed by atoms with Gasteiger partial charge in [-0.25, -0.2) is 0 Å². The first-order chi connectivity index (χ1) is 10.4. The predicted octanol–water partition coefficient (Wildman–Crippen LogP) is 2.54. The van der Waals surface area contributed by atoms with Gasteiger partial charge in [-0.2, -0.15) is 0 Å². The zero-order chi connectivity index (χ0) is 14.8. The number of ether oxygens (including phenoxy) is 3. The van der Waals surface area contributed by atoms with E-state index in [1.54, 1.807) is 0 Å². The molecular weight excluding hydrogens is 268 g/mol. The van der Waals surface area contributed by atoms with E-state index in [0.29, 0.717) is 26.4 Å². The summed E-state index contributed by atoms with van der Waals surface area (Å²) in [6.45, 7) is 2.18. The molecule has 1 fully saturated rings. The molecule has 0 spiro atoms. The van der Waals surface area contributed by atoms with Gasteiger partial charge in [0.25, 0.3) is 0 Å². The van der Waals surface area contributed by atoms with Gasteiger partial charge in [-0.15, -0.1) is 0 Å². The fourth-order valence-corrected chi connectivity index (χ4v) is 2.65. The van der Waals surface area contributed by atoms with Gasteiger partial charge in [-0.05, 0) is 18.4 Å². The number of hydrogen-bond acceptors (Lipinski definition) is 4. The van der Waals surface area contributed by atoms with Crippen molar-refractivity contribution in [3.63, 3.8) is 0 Å². The van der Waals surface area contributed by atoms with Crippen LogP contribution < -0.4 is 0 Å². The van der Waals surface area contributed by atoms with Gasteiger partial charge in [0.05, 0.1) is 45.2 Å². The van der Waals surface area contributed by atoms with Crippen molar-refractivity contribution in [1.29, 1.82) is 0 Å². The molecule has 4 heteroatoms. The van der Waals surface area contributed by atoms with Crippen molar-refractivity contribution in [2.24, 2.45) is 0 Å². The maximum Gasteiger partial charge on any atom is 0.0841 e. The standard InChI is InChI=1S/C17H26O4/c18-10-11-19-12-13-20-16-8-4-5-9-17(16)21-14-15-6-2-1-3-7-15/h1-3,6-7,16-18H,4-5,8-14H2/t16-,17-/m1/s1. The summed E-state index contributed by atoms with van der Waals surface area (Å²) in [5.74, 6) is 0. The lowest BCUT2D eigenvalue weighted by Crippen LogP contribution is -2.35. The van der Waals surface area contributed by atoms with Crippen molar-refractivity contribution >= 4 is 0 Å². The third-order valence-electron chi connectivity index (χ3n) is 3.74. The molecule has 1 saturated carbocycles. The molecule has 0 aliphatic heterocycles. The van der Waals surface area contributed by atoms with Crippen LogP contribution in [-0.2, 0) is 20.8 Å². The first-order valence-electron chi connectivity index (χ1n) is 7.86. The molecule has 1 aliphatic carbocycles. The van der Waals surface area contributed by atoms with Gasteiger partial charge in [0.1, 0.15) is 0 Å². The Balaban J connectivity index is 1.71. The summed E-state index contributed by atoms with van der Waals surface area (Å²) in [6, 6.07) is 10.3. The lowest BCUT2D eigenvalue weighted by atomic mass is 9.94. The Labute approximate surface area is 127 Å². The molecule has 0 radical (unpaired) electrons. The Hall–Kier alpha value is -0.940. The Morgan fingerprint density at radius 3 is 2.33 bits per heavy atom. The minimum Gasteiger partial charge on any atom is -0.394 e. The van der Waals surface area contributed by atoms with Gasteiger partial charge in [0, 0.05) is 0 Å². The van der Waals surface area contributed by atoms with E-state index in [2.05, 4.69) is 12.1 Å². The molecule has 0 aromatic heterocycles. The van der Waals surface area contributed by atoms with Crippen LogP contribution in [0.2, 0.25) is 0 Å². The molecule has 0 unspecified atom stereocenters. The maximum absolute atomic E-state index is 8.65. The van der Waals surface area contributed by atoms with Crippen LogP contribution in [0.1, 0.15) is 31.2 Å². The van der Waals surface area contributed by atoms with Crippen molar-refractivity contribution in [3.8, 4) is 0 Å². The van der Waals surface area contributed by atoms with Crippen LogP contribution in [0, 0.1) is 0 Å². The number of aliphatic hydroxyl groups excluding tert-OH is 1. The van der Waals surface area contributed by atoms with Gasteiger partial charge in [-0.1, -0.05) is 43.2 Å². The van der Waals surface area contributed by atoms with E-state index in [9.17, 15) is 0 Å². The van der Waals surface area contributed by atoms with E-state index < -0.39 is 0 Å². The van der Waals surface area contributed by atoms with Crippen LogP contribution in [0.5, 0.6) is 0 Å². The summed E-state index contributed by atoms with van der Waals surface area (Å²) >= 11 is 0. The Morgan fingerprint density at radius 2 is 1.62 bits per heavy atom. The number of aliphatic hydroxyl groups is 1. The van der Waals surface area contributed by atoms with Gasteiger partial charge < -0.3 is 19.3 Å². The third-order valence-corrected chi connectivity index (χ3v) is 3.74. The fourth-order valence-electron chi connectivity index (χ4n) is 2.65. The van der Waals surface area contributed by atoms with Gasteiger partial charge in [-0.3, -0.25) is 0 Å². The molecule has 1 aromatic carbocycles. The van der Waals surface area contributed by atoms with E-state index in [4.69, 9.17) is 19.3 Å². The van der Waals surface area contributed by atoms with Crippen molar-refractivity contribution in [2.45, 2.75) is 44.5 Å². The second kappa shape index (κ2) is 9.90. The van der Waals surface area contributed by atoms with Crippen LogP contribution in [0.3, 0.4) is 0 Å². The van der Waals surface area contributed by atoms with Gasteiger partial charge >= 0.3 is 0 Å². The van der Waals surface area contributed by atoms with Crippen LogP contribution >= 0.6 is 0 Å². The minimum absolute atomic E-state index is 0.0617. The largest absolute Gasteiger partial charge is 0.394 e. The monoisotopic (exact) mass is 294 g/mol. The summed E-state index contributed by atoms with van der Waals surface area (Å²) in [6.07, 6.45) is 4.87. The molecule has 0 heterocycles. The molecule has 1 N–H and O–H groups in total. The summed E-state index contributed by atoms with van der Waals surface area (Å²) in [5.41, 5.74) is 1.20. The van der Waals surface area contributed by atoms with Gasteiger partial charge in [0.2, 0.25) is 0 Å². The second-order valence-electron chi connectivity index (χ2n) is 5.36. The number of rotatable bonds is 9. The molecule has 4 nitrogen and oxygen atoms in total. The summed E-state index contributed by atoms with van der Waals surface area (Å²) in [5, 5.41) is 8.65. The predicted molar refractivity (Wildman–Crippen MR) is 81.1 cm³/mol. The molecule has 1 aromatic rings. The van der Waals surface area contributed by atoms with Crippen LogP contribution in [0.15, 0.2) is 30.3 Å². The number of benzene rings is 1. The smallest absolute Gasteiger partial charge is 0.0841 e. The average Bonchev–Trinajstić information content (AvgIpc) is 2.55. The molecular formula is C17H26O4. The highest BCUT2D eigenvalue weighted by Gasteiger charge is 2.26. The first-order valence-corrected chi connectivity index (χ1v) is 7.86. The molecule has 2 atom stereocenters.